The van der Waals surface area contributed by atoms with Crippen LogP contribution in [0.2, 0.25) is 0 Å². The predicted octanol–water partition coefficient (Wildman–Crippen LogP) is 1.83. The topological polar surface area (TPSA) is 114 Å². The van der Waals surface area contributed by atoms with Crippen LogP contribution in [0.25, 0.3) is 0 Å². The molecule has 9 heteroatoms. The van der Waals surface area contributed by atoms with E-state index in [1.165, 1.54) is 24.3 Å². The molecule has 1 aliphatic carbocycles. The number of carbonyl (C=O) groups excluding carboxylic acids is 2. The number of hydrazine groups is 1. The zero-order valence-corrected chi connectivity index (χ0v) is 17.7. The average Bonchev–Trinajstić information content (AvgIpc) is 3.56. The van der Waals surface area contributed by atoms with E-state index in [1.54, 1.807) is 6.07 Å². The maximum absolute atomic E-state index is 12.3. The molecule has 0 aromatic heterocycles. The Kier molecular flexibility index (Phi) is 6.73. The second-order valence-electron chi connectivity index (χ2n) is 7.36. The molecule has 3 rings (SSSR count). The Morgan fingerprint density at radius 1 is 1.03 bits per heavy atom. The summed E-state index contributed by atoms with van der Waals surface area (Å²) in [5, 5.41) is 0. The summed E-state index contributed by atoms with van der Waals surface area (Å²) in [5.41, 5.74) is 6.79. The molecular formula is C21H25N3O5S. The number of ether oxygens (including phenoxy) is 1. The van der Waals surface area contributed by atoms with E-state index in [-0.39, 0.29) is 17.1 Å². The maximum atomic E-state index is 12.3. The number of sulfonamides is 1. The molecule has 0 saturated heterocycles. The van der Waals surface area contributed by atoms with E-state index < -0.39 is 21.8 Å². The fourth-order valence-electron chi connectivity index (χ4n) is 2.62. The van der Waals surface area contributed by atoms with Crippen LogP contribution in [0.3, 0.4) is 0 Å². The molecular weight excluding hydrogens is 406 g/mol. The molecule has 0 radical (unpaired) electrons. The smallest absolute Gasteiger partial charge is 0.276 e. The van der Waals surface area contributed by atoms with Gasteiger partial charge >= 0.3 is 0 Å². The number of hydrogen-bond donors (Lipinski definition) is 3. The average molecular weight is 432 g/mol. The largest absolute Gasteiger partial charge is 0.484 e. The third-order valence-corrected chi connectivity index (χ3v) is 6.25. The molecule has 0 atom stereocenters. The van der Waals surface area contributed by atoms with Crippen molar-refractivity contribution in [3.8, 4) is 5.75 Å². The van der Waals surface area contributed by atoms with Gasteiger partial charge < -0.3 is 4.74 Å². The lowest BCUT2D eigenvalue weighted by Crippen LogP contribution is -2.43. The number of aryl methyl sites for hydroxylation is 2. The van der Waals surface area contributed by atoms with Crippen molar-refractivity contribution in [2.24, 2.45) is 5.92 Å². The number of benzene rings is 2. The Morgan fingerprint density at radius 3 is 2.50 bits per heavy atom. The standard InChI is InChI=1S/C21H25N3O5S/c1-14-6-9-18(10-15(14)2)29-13-20(25)23-24-21(26)17-4-3-5-19(11-17)30(27,28)22-12-16-7-8-16/h3-6,9-11,16,22H,7-8,12-13H2,1-2H3,(H,23,25)(H,24,26). The van der Waals surface area contributed by atoms with Gasteiger partial charge in [0, 0.05) is 12.1 Å². The Balaban J connectivity index is 1.51. The first-order valence-electron chi connectivity index (χ1n) is 9.63. The molecule has 0 spiro atoms. The van der Waals surface area contributed by atoms with E-state index in [0.29, 0.717) is 18.2 Å². The van der Waals surface area contributed by atoms with E-state index in [9.17, 15) is 18.0 Å². The molecule has 1 aliphatic rings. The molecule has 0 aliphatic heterocycles. The van der Waals surface area contributed by atoms with Crippen molar-refractivity contribution in [2.45, 2.75) is 31.6 Å². The van der Waals surface area contributed by atoms with Crippen LogP contribution in [-0.4, -0.2) is 33.4 Å². The first-order valence-corrected chi connectivity index (χ1v) is 11.1. The molecule has 2 aromatic carbocycles. The third kappa shape index (κ3) is 6.04. The van der Waals surface area contributed by atoms with Crippen LogP contribution in [0.1, 0.15) is 34.3 Å². The van der Waals surface area contributed by atoms with Crippen molar-refractivity contribution in [1.29, 1.82) is 0 Å². The van der Waals surface area contributed by atoms with E-state index in [1.807, 2.05) is 26.0 Å². The van der Waals surface area contributed by atoms with Gasteiger partial charge in [-0.25, -0.2) is 13.1 Å². The maximum Gasteiger partial charge on any atom is 0.276 e. The molecule has 2 aromatic rings. The highest BCUT2D eigenvalue weighted by Crippen LogP contribution is 2.28. The van der Waals surface area contributed by atoms with Gasteiger partial charge in [-0.1, -0.05) is 12.1 Å². The van der Waals surface area contributed by atoms with Gasteiger partial charge in [-0.2, -0.15) is 0 Å². The van der Waals surface area contributed by atoms with Gasteiger partial charge in [-0.05, 0) is 74.1 Å². The van der Waals surface area contributed by atoms with Gasteiger partial charge in [-0.15, -0.1) is 0 Å². The van der Waals surface area contributed by atoms with Crippen molar-refractivity contribution < 1.29 is 22.7 Å². The van der Waals surface area contributed by atoms with Gasteiger partial charge in [0.15, 0.2) is 6.61 Å². The molecule has 1 saturated carbocycles. The SMILES string of the molecule is Cc1ccc(OCC(=O)NNC(=O)c2cccc(S(=O)(=O)NCC3CC3)c2)cc1C. The Hall–Kier alpha value is -2.91. The second kappa shape index (κ2) is 9.27. The predicted molar refractivity (Wildman–Crippen MR) is 111 cm³/mol. The number of amides is 2. The molecule has 30 heavy (non-hydrogen) atoms. The fraction of sp³-hybridized carbons (Fsp3) is 0.333. The lowest BCUT2D eigenvalue weighted by molar-refractivity contribution is -0.123. The zero-order valence-electron chi connectivity index (χ0n) is 16.9. The zero-order chi connectivity index (χ0) is 21.7. The van der Waals surface area contributed by atoms with Crippen LogP contribution in [-0.2, 0) is 14.8 Å². The van der Waals surface area contributed by atoms with Crippen LogP contribution < -0.4 is 20.3 Å². The van der Waals surface area contributed by atoms with Crippen LogP contribution in [0, 0.1) is 19.8 Å². The minimum Gasteiger partial charge on any atom is -0.484 e. The van der Waals surface area contributed by atoms with E-state index in [4.69, 9.17) is 4.74 Å². The summed E-state index contributed by atoms with van der Waals surface area (Å²) in [4.78, 5) is 24.2. The Bertz CT molecular complexity index is 1050. The quantitative estimate of drug-likeness (QED) is 0.552. The van der Waals surface area contributed by atoms with E-state index in [2.05, 4.69) is 15.6 Å². The van der Waals surface area contributed by atoms with Crippen molar-refractivity contribution in [3.05, 3.63) is 59.2 Å². The van der Waals surface area contributed by atoms with E-state index >= 15 is 0 Å². The number of nitrogens with one attached hydrogen (secondary N) is 3. The lowest BCUT2D eigenvalue weighted by atomic mass is 10.1. The van der Waals surface area contributed by atoms with Gasteiger partial charge in [0.2, 0.25) is 10.0 Å². The second-order valence-corrected chi connectivity index (χ2v) is 9.13. The third-order valence-electron chi connectivity index (χ3n) is 4.83. The van der Waals surface area contributed by atoms with Gasteiger partial charge in [-0.3, -0.25) is 20.4 Å². The molecule has 160 valence electrons. The van der Waals surface area contributed by atoms with Crippen LogP contribution in [0.5, 0.6) is 5.75 Å². The monoisotopic (exact) mass is 431 g/mol. The molecule has 1 fully saturated rings. The summed E-state index contributed by atoms with van der Waals surface area (Å²) in [6, 6.07) is 11.1. The highest BCUT2D eigenvalue weighted by Gasteiger charge is 2.24. The summed E-state index contributed by atoms with van der Waals surface area (Å²) in [6.45, 7) is 4.04. The number of carbonyl (C=O) groups is 2. The molecule has 0 heterocycles. The summed E-state index contributed by atoms with van der Waals surface area (Å²) in [6.07, 6.45) is 2.05. The molecule has 0 unspecified atom stereocenters. The van der Waals surface area contributed by atoms with Gasteiger partial charge in [0.05, 0.1) is 4.90 Å². The van der Waals surface area contributed by atoms with Crippen molar-refractivity contribution >= 4 is 21.8 Å². The van der Waals surface area contributed by atoms with E-state index in [0.717, 1.165) is 24.0 Å². The normalized spacial score (nSPS) is 13.5. The van der Waals surface area contributed by atoms with Crippen molar-refractivity contribution in [1.82, 2.24) is 15.6 Å². The first kappa shape index (κ1) is 21.8. The van der Waals surface area contributed by atoms with Crippen LogP contribution in [0.4, 0.5) is 0 Å². The molecule has 2 amide bonds. The Morgan fingerprint density at radius 2 is 1.80 bits per heavy atom. The fourth-order valence-corrected chi connectivity index (χ4v) is 3.79. The highest BCUT2D eigenvalue weighted by atomic mass is 32.2. The van der Waals surface area contributed by atoms with Gasteiger partial charge in [0.25, 0.3) is 11.8 Å². The van der Waals surface area contributed by atoms with Crippen molar-refractivity contribution in [3.63, 3.8) is 0 Å². The Labute approximate surface area is 176 Å². The minimum absolute atomic E-state index is 0.000186. The summed E-state index contributed by atoms with van der Waals surface area (Å²) < 4.78 is 32.6. The summed E-state index contributed by atoms with van der Waals surface area (Å²) in [7, 11) is -3.69. The molecule has 3 N–H and O–H groups in total. The highest BCUT2D eigenvalue weighted by molar-refractivity contribution is 7.89. The van der Waals surface area contributed by atoms with Crippen LogP contribution in [0.15, 0.2) is 47.4 Å². The molecule has 0 bridgehead atoms. The summed E-state index contributed by atoms with van der Waals surface area (Å²) >= 11 is 0. The minimum atomic E-state index is -3.69. The van der Waals surface area contributed by atoms with Crippen molar-refractivity contribution in [2.75, 3.05) is 13.2 Å². The number of rotatable bonds is 8. The molecule has 8 nitrogen and oxygen atoms in total. The van der Waals surface area contributed by atoms with Gasteiger partial charge in [0.1, 0.15) is 5.75 Å². The van der Waals surface area contributed by atoms with Crippen LogP contribution >= 0.6 is 0 Å². The lowest BCUT2D eigenvalue weighted by Gasteiger charge is -2.11. The first-order chi connectivity index (χ1) is 14.2. The number of hydrogen-bond acceptors (Lipinski definition) is 5. The summed E-state index contributed by atoms with van der Waals surface area (Å²) in [5.74, 6) is -0.228.